The SMILES string of the molecule is CCCOc1cccc(C(=O)NC(=S)Nc2ccc(-c3nn4c(CC)nnc4s3)cc2)c1. The van der Waals surface area contributed by atoms with E-state index in [9.17, 15) is 4.79 Å². The molecule has 0 aliphatic rings. The van der Waals surface area contributed by atoms with Crippen LogP contribution in [0.25, 0.3) is 15.5 Å². The van der Waals surface area contributed by atoms with Crippen molar-refractivity contribution in [1.82, 2.24) is 25.1 Å². The van der Waals surface area contributed by atoms with Gasteiger partial charge < -0.3 is 10.1 Å². The standard InChI is InChI=1S/C22H22N6O2S2/c1-3-12-30-17-7-5-6-15(13-17)19(29)24-21(31)23-16-10-8-14(9-11-16)20-27-28-18(4-2)25-26-22(28)32-20/h5-11,13H,3-4,12H2,1-2H3,(H2,23,24,29,31). The highest BCUT2D eigenvalue weighted by molar-refractivity contribution is 7.80. The fourth-order valence-electron chi connectivity index (χ4n) is 2.98. The Balaban J connectivity index is 1.38. The summed E-state index contributed by atoms with van der Waals surface area (Å²) in [6.07, 6.45) is 1.67. The van der Waals surface area contributed by atoms with Gasteiger partial charge in [0.05, 0.1) is 6.61 Å². The van der Waals surface area contributed by atoms with Crippen molar-refractivity contribution < 1.29 is 9.53 Å². The molecule has 2 aromatic carbocycles. The molecule has 8 nitrogen and oxygen atoms in total. The highest BCUT2D eigenvalue weighted by atomic mass is 32.1. The summed E-state index contributed by atoms with van der Waals surface area (Å²) in [7, 11) is 0. The number of aromatic nitrogens is 4. The van der Waals surface area contributed by atoms with Crippen LogP contribution >= 0.6 is 23.6 Å². The molecular weight excluding hydrogens is 444 g/mol. The van der Waals surface area contributed by atoms with Gasteiger partial charge in [0.15, 0.2) is 10.9 Å². The maximum absolute atomic E-state index is 12.5. The van der Waals surface area contributed by atoms with E-state index in [0.717, 1.165) is 39.9 Å². The molecule has 0 fully saturated rings. The summed E-state index contributed by atoms with van der Waals surface area (Å²) in [6, 6.07) is 14.7. The first-order chi connectivity index (χ1) is 15.6. The number of amides is 1. The summed E-state index contributed by atoms with van der Waals surface area (Å²) >= 11 is 6.78. The number of nitrogens with one attached hydrogen (secondary N) is 2. The van der Waals surface area contributed by atoms with E-state index in [1.54, 1.807) is 22.7 Å². The average molecular weight is 467 g/mol. The van der Waals surface area contributed by atoms with Crippen molar-refractivity contribution in [2.75, 3.05) is 11.9 Å². The van der Waals surface area contributed by atoms with Crippen LogP contribution in [0, 0.1) is 0 Å². The fraction of sp³-hybridized carbons (Fsp3) is 0.227. The van der Waals surface area contributed by atoms with Crippen LogP contribution in [-0.2, 0) is 6.42 Å². The van der Waals surface area contributed by atoms with Gasteiger partial charge in [-0.2, -0.15) is 9.61 Å². The molecule has 0 bridgehead atoms. The molecule has 1 amide bonds. The molecule has 2 N–H and O–H groups in total. The molecule has 4 aromatic rings. The molecule has 0 saturated carbocycles. The first kappa shape index (κ1) is 21.8. The zero-order valence-corrected chi connectivity index (χ0v) is 19.3. The van der Waals surface area contributed by atoms with Gasteiger partial charge in [-0.05, 0) is 61.1 Å². The Morgan fingerprint density at radius 3 is 2.72 bits per heavy atom. The van der Waals surface area contributed by atoms with Crippen LogP contribution < -0.4 is 15.4 Å². The maximum Gasteiger partial charge on any atom is 0.257 e. The third kappa shape index (κ3) is 4.92. The van der Waals surface area contributed by atoms with Gasteiger partial charge in [-0.3, -0.25) is 10.1 Å². The van der Waals surface area contributed by atoms with Gasteiger partial charge >= 0.3 is 0 Å². The lowest BCUT2D eigenvalue weighted by Gasteiger charge is -2.11. The number of carbonyl (C=O) groups excluding carboxylic acids is 1. The number of benzene rings is 2. The first-order valence-corrected chi connectivity index (χ1v) is 11.5. The first-order valence-electron chi connectivity index (χ1n) is 10.2. The smallest absolute Gasteiger partial charge is 0.257 e. The summed E-state index contributed by atoms with van der Waals surface area (Å²) in [4.78, 5) is 13.3. The quantitative estimate of drug-likeness (QED) is 0.392. The Labute approximate surface area is 194 Å². The van der Waals surface area contributed by atoms with Gasteiger partial charge in [0.2, 0.25) is 4.96 Å². The van der Waals surface area contributed by atoms with Gasteiger partial charge in [-0.1, -0.05) is 31.3 Å². The molecule has 164 valence electrons. The van der Waals surface area contributed by atoms with Crippen LogP contribution in [0.4, 0.5) is 5.69 Å². The zero-order chi connectivity index (χ0) is 22.5. The largest absolute Gasteiger partial charge is 0.494 e. The van der Waals surface area contributed by atoms with E-state index in [1.165, 1.54) is 11.3 Å². The van der Waals surface area contributed by atoms with E-state index in [0.29, 0.717) is 17.9 Å². The third-order valence-electron chi connectivity index (χ3n) is 4.56. The van der Waals surface area contributed by atoms with Crippen molar-refractivity contribution in [3.05, 3.63) is 59.9 Å². The molecule has 10 heteroatoms. The van der Waals surface area contributed by atoms with Crippen molar-refractivity contribution in [2.45, 2.75) is 26.7 Å². The van der Waals surface area contributed by atoms with Gasteiger partial charge in [0.1, 0.15) is 10.8 Å². The maximum atomic E-state index is 12.5. The van der Waals surface area contributed by atoms with E-state index >= 15 is 0 Å². The van der Waals surface area contributed by atoms with Gasteiger partial charge in [-0.25, -0.2) is 0 Å². The number of hydrogen-bond donors (Lipinski definition) is 2. The lowest BCUT2D eigenvalue weighted by Crippen LogP contribution is -2.34. The van der Waals surface area contributed by atoms with Crippen LogP contribution in [0.15, 0.2) is 48.5 Å². The summed E-state index contributed by atoms with van der Waals surface area (Å²) in [5.41, 5.74) is 2.20. The van der Waals surface area contributed by atoms with Crippen molar-refractivity contribution in [2.24, 2.45) is 0 Å². The molecule has 0 spiro atoms. The molecule has 0 aliphatic heterocycles. The lowest BCUT2D eigenvalue weighted by atomic mass is 10.2. The summed E-state index contributed by atoms with van der Waals surface area (Å²) in [6.45, 7) is 4.65. The van der Waals surface area contributed by atoms with Crippen LogP contribution in [0.5, 0.6) is 5.75 Å². The van der Waals surface area contributed by atoms with Gasteiger partial charge in [0, 0.05) is 23.2 Å². The van der Waals surface area contributed by atoms with E-state index in [1.807, 2.05) is 44.2 Å². The fourth-order valence-corrected chi connectivity index (χ4v) is 4.05. The number of fused-ring (bicyclic) bond motifs is 1. The van der Waals surface area contributed by atoms with Crippen molar-refractivity contribution in [3.8, 4) is 16.3 Å². The minimum atomic E-state index is -0.299. The number of thiocarbonyl (C=S) groups is 1. The molecule has 0 atom stereocenters. The molecule has 0 unspecified atom stereocenters. The number of rotatable bonds is 7. The van der Waals surface area contributed by atoms with Crippen molar-refractivity contribution >= 4 is 45.2 Å². The van der Waals surface area contributed by atoms with Crippen LogP contribution in [-0.4, -0.2) is 37.4 Å². The Morgan fingerprint density at radius 1 is 1.16 bits per heavy atom. The van der Waals surface area contributed by atoms with Gasteiger partial charge in [-0.15, -0.1) is 10.2 Å². The summed E-state index contributed by atoms with van der Waals surface area (Å²) in [5, 5.41) is 19.7. The topological polar surface area (TPSA) is 93.4 Å². The number of hydrogen-bond acceptors (Lipinski definition) is 7. The van der Waals surface area contributed by atoms with Crippen molar-refractivity contribution in [3.63, 3.8) is 0 Å². The van der Waals surface area contributed by atoms with Crippen LogP contribution in [0.3, 0.4) is 0 Å². The second-order valence-electron chi connectivity index (χ2n) is 6.93. The summed E-state index contributed by atoms with van der Waals surface area (Å²) in [5.74, 6) is 1.20. The number of ether oxygens (including phenoxy) is 1. The molecule has 2 aromatic heterocycles. The normalized spacial score (nSPS) is 10.8. The third-order valence-corrected chi connectivity index (χ3v) is 5.71. The number of anilines is 1. The molecule has 0 radical (unpaired) electrons. The molecule has 0 aliphatic carbocycles. The molecule has 2 heterocycles. The second-order valence-corrected chi connectivity index (χ2v) is 8.30. The van der Waals surface area contributed by atoms with Crippen molar-refractivity contribution in [1.29, 1.82) is 0 Å². The van der Waals surface area contributed by atoms with Crippen LogP contribution in [0.1, 0.15) is 36.5 Å². The molecule has 0 saturated heterocycles. The monoisotopic (exact) mass is 466 g/mol. The number of aryl methyl sites for hydroxylation is 1. The Hall–Kier alpha value is -3.37. The van der Waals surface area contributed by atoms with E-state index in [4.69, 9.17) is 17.0 Å². The Morgan fingerprint density at radius 2 is 1.97 bits per heavy atom. The predicted octanol–water partition coefficient (Wildman–Crippen LogP) is 4.33. The average Bonchev–Trinajstić information content (AvgIpc) is 3.39. The minimum absolute atomic E-state index is 0.217. The summed E-state index contributed by atoms with van der Waals surface area (Å²) < 4.78 is 7.36. The molecule has 4 rings (SSSR count). The number of carbonyl (C=O) groups is 1. The highest BCUT2D eigenvalue weighted by Crippen LogP contribution is 2.26. The highest BCUT2D eigenvalue weighted by Gasteiger charge is 2.12. The number of nitrogens with zero attached hydrogens (tertiary/aromatic N) is 4. The predicted molar refractivity (Wildman–Crippen MR) is 129 cm³/mol. The lowest BCUT2D eigenvalue weighted by molar-refractivity contribution is 0.0977. The van der Waals surface area contributed by atoms with E-state index in [2.05, 4.69) is 25.9 Å². The molecule has 32 heavy (non-hydrogen) atoms. The minimum Gasteiger partial charge on any atom is -0.494 e. The van der Waals surface area contributed by atoms with E-state index in [-0.39, 0.29) is 11.0 Å². The van der Waals surface area contributed by atoms with Gasteiger partial charge in [0.25, 0.3) is 5.91 Å². The second kappa shape index (κ2) is 9.84. The Kier molecular flexibility index (Phi) is 6.72. The molecular formula is C22H22N6O2S2. The zero-order valence-electron chi connectivity index (χ0n) is 17.7. The Bertz CT molecular complexity index is 1250. The van der Waals surface area contributed by atoms with E-state index < -0.39 is 0 Å². The van der Waals surface area contributed by atoms with Crippen LogP contribution in [0.2, 0.25) is 0 Å².